The van der Waals surface area contributed by atoms with Crippen molar-refractivity contribution >= 4 is 30.7 Å². The minimum absolute atomic E-state index is 0. The first kappa shape index (κ1) is 21.1. The molecule has 7 heteroatoms. The molecule has 0 radical (unpaired) electrons. The Balaban J connectivity index is 0.00000220. The van der Waals surface area contributed by atoms with Gasteiger partial charge in [0.15, 0.2) is 0 Å². The van der Waals surface area contributed by atoms with Crippen LogP contribution in [0.25, 0.3) is 0 Å². The van der Waals surface area contributed by atoms with Gasteiger partial charge < -0.3 is 15.4 Å². The van der Waals surface area contributed by atoms with Crippen LogP contribution in [0.15, 0.2) is 18.3 Å². The summed E-state index contributed by atoms with van der Waals surface area (Å²) in [6.45, 7) is 8.13. The summed E-state index contributed by atoms with van der Waals surface area (Å²) in [7, 11) is 0. The summed E-state index contributed by atoms with van der Waals surface area (Å²) in [5.41, 5.74) is 2.02. The molecule has 2 unspecified atom stereocenters. The molecular weight excluding hydrogens is 325 g/mol. The van der Waals surface area contributed by atoms with E-state index in [1.807, 2.05) is 19.1 Å². The summed E-state index contributed by atoms with van der Waals surface area (Å²) in [4.78, 5) is 16.7. The molecular formula is C15H25Cl2N3O2. The zero-order valence-electron chi connectivity index (χ0n) is 13.2. The van der Waals surface area contributed by atoms with E-state index >= 15 is 0 Å². The van der Waals surface area contributed by atoms with Gasteiger partial charge in [-0.2, -0.15) is 0 Å². The van der Waals surface area contributed by atoms with Gasteiger partial charge in [-0.15, -0.1) is 24.8 Å². The number of halogens is 2. The molecule has 1 aromatic heterocycles. The lowest BCUT2D eigenvalue weighted by molar-refractivity contribution is -0.135. The zero-order chi connectivity index (χ0) is 14.5. The van der Waals surface area contributed by atoms with E-state index in [-0.39, 0.29) is 42.7 Å². The molecule has 2 N–H and O–H groups in total. The molecule has 5 nitrogen and oxygen atoms in total. The highest BCUT2D eigenvalue weighted by atomic mass is 35.5. The number of rotatable bonds is 4. The lowest BCUT2D eigenvalue weighted by Gasteiger charge is -2.28. The number of morpholine rings is 1. The number of hydrogen-bond donors (Lipinski definition) is 2. The summed E-state index contributed by atoms with van der Waals surface area (Å²) >= 11 is 0. The van der Waals surface area contributed by atoms with Crippen LogP contribution in [0.5, 0.6) is 0 Å². The molecule has 0 aromatic carbocycles. The van der Waals surface area contributed by atoms with Gasteiger partial charge in [0.05, 0.1) is 18.3 Å². The number of aryl methyl sites for hydroxylation is 1. The van der Waals surface area contributed by atoms with E-state index in [4.69, 9.17) is 4.74 Å². The van der Waals surface area contributed by atoms with Crippen molar-refractivity contribution < 1.29 is 9.53 Å². The van der Waals surface area contributed by atoms with Gasteiger partial charge in [-0.25, -0.2) is 0 Å². The summed E-state index contributed by atoms with van der Waals surface area (Å²) in [6.07, 6.45) is 1.36. The van der Waals surface area contributed by atoms with E-state index in [2.05, 4.69) is 29.5 Å². The van der Waals surface area contributed by atoms with Crippen LogP contribution in [0.1, 0.15) is 31.1 Å². The number of hydrogen-bond acceptors (Lipinski definition) is 4. The number of pyridine rings is 1. The normalized spacial score (nSPS) is 18.8. The van der Waals surface area contributed by atoms with Crippen molar-refractivity contribution in [3.05, 3.63) is 29.6 Å². The minimum Gasteiger partial charge on any atom is -0.366 e. The van der Waals surface area contributed by atoms with E-state index in [1.165, 1.54) is 0 Å². The fourth-order valence-corrected chi connectivity index (χ4v) is 2.35. The maximum Gasteiger partial charge on any atom is 0.251 e. The van der Waals surface area contributed by atoms with Crippen LogP contribution in [-0.4, -0.2) is 36.7 Å². The molecule has 2 atom stereocenters. The van der Waals surface area contributed by atoms with Gasteiger partial charge in [0.2, 0.25) is 0 Å². The average Bonchev–Trinajstić information content (AvgIpc) is 2.46. The molecule has 0 spiro atoms. The third-order valence-corrected chi connectivity index (χ3v) is 3.53. The SMILES string of the molecule is Cc1cccnc1C(NC(=O)C1CNCCO1)C(C)C.Cl.Cl. The highest BCUT2D eigenvalue weighted by Gasteiger charge is 2.27. The molecule has 1 amide bonds. The molecule has 1 aliphatic rings. The van der Waals surface area contributed by atoms with Crippen LogP contribution < -0.4 is 10.6 Å². The number of nitrogens with one attached hydrogen (secondary N) is 2. The Morgan fingerprint density at radius 3 is 2.73 bits per heavy atom. The lowest BCUT2D eigenvalue weighted by Crippen LogP contribution is -2.49. The topological polar surface area (TPSA) is 63.2 Å². The lowest BCUT2D eigenvalue weighted by atomic mass is 9.97. The second-order valence-electron chi connectivity index (χ2n) is 5.50. The van der Waals surface area contributed by atoms with Gasteiger partial charge in [-0.1, -0.05) is 19.9 Å². The fourth-order valence-electron chi connectivity index (χ4n) is 2.35. The van der Waals surface area contributed by atoms with Crippen molar-refractivity contribution in [2.75, 3.05) is 19.7 Å². The second kappa shape index (κ2) is 10.0. The summed E-state index contributed by atoms with van der Waals surface area (Å²) < 4.78 is 5.49. The molecule has 22 heavy (non-hydrogen) atoms. The highest BCUT2D eigenvalue weighted by molar-refractivity contribution is 5.85. The molecule has 0 saturated carbocycles. The molecule has 1 aliphatic heterocycles. The number of aromatic nitrogens is 1. The Hall–Kier alpha value is -0.880. The second-order valence-corrected chi connectivity index (χ2v) is 5.50. The zero-order valence-corrected chi connectivity index (χ0v) is 14.8. The van der Waals surface area contributed by atoms with Crippen molar-refractivity contribution in [1.29, 1.82) is 0 Å². The van der Waals surface area contributed by atoms with Gasteiger partial charge >= 0.3 is 0 Å². The van der Waals surface area contributed by atoms with Gasteiger partial charge in [-0.05, 0) is 24.5 Å². The third-order valence-electron chi connectivity index (χ3n) is 3.53. The van der Waals surface area contributed by atoms with Crippen molar-refractivity contribution in [3.8, 4) is 0 Å². The first-order chi connectivity index (χ1) is 9.59. The van der Waals surface area contributed by atoms with Crippen LogP contribution in [-0.2, 0) is 9.53 Å². The third kappa shape index (κ3) is 5.39. The van der Waals surface area contributed by atoms with Crippen LogP contribution in [0, 0.1) is 12.8 Å². The predicted molar refractivity (Wildman–Crippen MR) is 91.8 cm³/mol. The monoisotopic (exact) mass is 349 g/mol. The van der Waals surface area contributed by atoms with Crippen LogP contribution in [0.2, 0.25) is 0 Å². The summed E-state index contributed by atoms with van der Waals surface area (Å²) in [6, 6.07) is 3.84. The number of carbonyl (C=O) groups excluding carboxylic acids is 1. The Morgan fingerprint density at radius 1 is 1.45 bits per heavy atom. The Bertz CT molecular complexity index is 466. The van der Waals surface area contributed by atoms with E-state index < -0.39 is 6.10 Å². The standard InChI is InChI=1S/C15H23N3O2.2ClH/c1-10(2)13(14-11(3)5-4-6-17-14)18-15(19)12-9-16-7-8-20-12;;/h4-6,10,12-13,16H,7-9H2,1-3H3,(H,18,19);2*1H. The van der Waals surface area contributed by atoms with E-state index in [1.54, 1.807) is 6.20 Å². The first-order valence-electron chi connectivity index (χ1n) is 7.14. The van der Waals surface area contributed by atoms with Gasteiger partial charge in [-0.3, -0.25) is 9.78 Å². The minimum atomic E-state index is -0.408. The van der Waals surface area contributed by atoms with Crippen molar-refractivity contribution in [3.63, 3.8) is 0 Å². The molecule has 1 aromatic rings. The number of ether oxygens (including phenoxy) is 1. The fraction of sp³-hybridized carbons (Fsp3) is 0.600. The molecule has 1 saturated heterocycles. The van der Waals surface area contributed by atoms with Crippen LogP contribution in [0.4, 0.5) is 0 Å². The van der Waals surface area contributed by atoms with Crippen LogP contribution >= 0.6 is 24.8 Å². The first-order valence-corrected chi connectivity index (χ1v) is 7.14. The van der Waals surface area contributed by atoms with Crippen molar-refractivity contribution in [1.82, 2.24) is 15.6 Å². The molecule has 126 valence electrons. The van der Waals surface area contributed by atoms with E-state index in [0.717, 1.165) is 17.8 Å². The largest absolute Gasteiger partial charge is 0.366 e. The molecule has 1 fully saturated rings. The highest BCUT2D eigenvalue weighted by Crippen LogP contribution is 2.22. The molecule has 2 heterocycles. The Morgan fingerprint density at radius 2 is 2.18 bits per heavy atom. The predicted octanol–water partition coefficient (Wildman–Crippen LogP) is 2.04. The van der Waals surface area contributed by atoms with Gasteiger partial charge in [0.1, 0.15) is 6.10 Å². The quantitative estimate of drug-likeness (QED) is 0.872. The molecule has 0 bridgehead atoms. The molecule has 0 aliphatic carbocycles. The number of amides is 1. The van der Waals surface area contributed by atoms with E-state index in [0.29, 0.717) is 13.2 Å². The average molecular weight is 350 g/mol. The Kier molecular flexibility index (Phi) is 9.60. The maximum absolute atomic E-state index is 12.3. The van der Waals surface area contributed by atoms with Crippen molar-refractivity contribution in [2.24, 2.45) is 5.92 Å². The number of nitrogens with zero attached hydrogens (tertiary/aromatic N) is 1. The smallest absolute Gasteiger partial charge is 0.251 e. The maximum atomic E-state index is 12.3. The van der Waals surface area contributed by atoms with Gasteiger partial charge in [0, 0.05) is 19.3 Å². The summed E-state index contributed by atoms with van der Waals surface area (Å²) in [5, 5.41) is 6.24. The summed E-state index contributed by atoms with van der Waals surface area (Å²) in [5.74, 6) is 0.199. The number of carbonyl (C=O) groups is 1. The van der Waals surface area contributed by atoms with Crippen molar-refractivity contribution in [2.45, 2.75) is 32.9 Å². The van der Waals surface area contributed by atoms with Crippen LogP contribution in [0.3, 0.4) is 0 Å². The Labute approximate surface area is 144 Å². The van der Waals surface area contributed by atoms with E-state index in [9.17, 15) is 4.79 Å². The van der Waals surface area contributed by atoms with Gasteiger partial charge in [0.25, 0.3) is 5.91 Å². The molecule has 2 rings (SSSR count).